The third-order valence-corrected chi connectivity index (χ3v) is 2.95. The Kier molecular flexibility index (Phi) is 5.42. The van der Waals surface area contributed by atoms with E-state index in [0.29, 0.717) is 0 Å². The van der Waals surface area contributed by atoms with E-state index in [1.165, 1.54) is 18.0 Å². The number of benzene rings is 1. The highest BCUT2D eigenvalue weighted by molar-refractivity contribution is 5.83. The molecule has 0 heterocycles. The van der Waals surface area contributed by atoms with Gasteiger partial charge in [-0.25, -0.2) is 8.78 Å². The number of hydrogen-bond donors (Lipinski definition) is 2. The maximum atomic E-state index is 13.4. The van der Waals surface area contributed by atoms with E-state index in [2.05, 4.69) is 5.16 Å². The number of carbonyl (C=O) groups is 1. The van der Waals surface area contributed by atoms with Crippen LogP contribution < -0.4 is 5.73 Å². The van der Waals surface area contributed by atoms with Crippen LogP contribution in [0.5, 0.6) is 0 Å². The molecular weight excluding hydrogens is 268 g/mol. The molecular formula is C13H17F2N3O2. The predicted octanol–water partition coefficient (Wildman–Crippen LogP) is 1.35. The average Bonchev–Trinajstić information content (AvgIpc) is 2.40. The molecule has 0 fully saturated rings. The van der Waals surface area contributed by atoms with Crippen LogP contribution in [0, 0.1) is 17.6 Å². The Hall–Kier alpha value is -2.18. The van der Waals surface area contributed by atoms with Crippen LogP contribution in [0.3, 0.4) is 0 Å². The Morgan fingerprint density at radius 2 is 2.15 bits per heavy atom. The van der Waals surface area contributed by atoms with Gasteiger partial charge in [0.15, 0.2) is 0 Å². The topological polar surface area (TPSA) is 78.9 Å². The molecule has 5 nitrogen and oxygen atoms in total. The van der Waals surface area contributed by atoms with Crippen molar-refractivity contribution in [1.29, 1.82) is 0 Å². The van der Waals surface area contributed by atoms with Crippen LogP contribution in [-0.2, 0) is 11.2 Å². The molecule has 1 amide bonds. The Labute approximate surface area is 115 Å². The van der Waals surface area contributed by atoms with Crippen molar-refractivity contribution >= 4 is 11.7 Å². The van der Waals surface area contributed by atoms with Gasteiger partial charge in [-0.05, 0) is 11.6 Å². The van der Waals surface area contributed by atoms with Gasteiger partial charge >= 0.3 is 0 Å². The van der Waals surface area contributed by atoms with Crippen LogP contribution in [0.1, 0.15) is 12.5 Å². The molecule has 0 aliphatic rings. The molecule has 0 aromatic heterocycles. The summed E-state index contributed by atoms with van der Waals surface area (Å²) in [7, 11) is 1.53. The lowest BCUT2D eigenvalue weighted by molar-refractivity contribution is -0.129. The first-order valence-corrected chi connectivity index (χ1v) is 6.00. The van der Waals surface area contributed by atoms with Crippen LogP contribution in [0.25, 0.3) is 0 Å². The van der Waals surface area contributed by atoms with Crippen LogP contribution in [0.2, 0.25) is 0 Å². The molecule has 7 heteroatoms. The summed E-state index contributed by atoms with van der Waals surface area (Å²) >= 11 is 0. The second-order valence-electron chi connectivity index (χ2n) is 4.61. The Bertz CT molecular complexity index is 520. The molecule has 1 aromatic rings. The number of likely N-dealkylation sites (N-methyl/N-ethyl adjacent to an activating group) is 1. The zero-order chi connectivity index (χ0) is 15.3. The molecule has 1 atom stereocenters. The maximum Gasteiger partial charge on any atom is 0.226 e. The first-order chi connectivity index (χ1) is 9.35. The normalized spacial score (nSPS) is 13.1. The quantitative estimate of drug-likeness (QED) is 0.371. The highest BCUT2D eigenvalue weighted by Gasteiger charge is 2.17. The lowest BCUT2D eigenvalue weighted by atomic mass is 10.1. The smallest absolute Gasteiger partial charge is 0.226 e. The number of halogens is 2. The highest BCUT2D eigenvalue weighted by Crippen LogP contribution is 2.11. The maximum absolute atomic E-state index is 13.4. The minimum atomic E-state index is -0.753. The number of carbonyl (C=O) groups excluding carboxylic acids is 1. The Balaban J connectivity index is 2.66. The van der Waals surface area contributed by atoms with Gasteiger partial charge in [0.1, 0.15) is 17.5 Å². The van der Waals surface area contributed by atoms with Gasteiger partial charge in [0.2, 0.25) is 5.91 Å². The van der Waals surface area contributed by atoms with E-state index in [1.54, 1.807) is 6.92 Å². The zero-order valence-corrected chi connectivity index (χ0v) is 11.3. The van der Waals surface area contributed by atoms with Crippen LogP contribution >= 0.6 is 0 Å². The fraction of sp³-hybridized carbons (Fsp3) is 0.385. The van der Waals surface area contributed by atoms with Crippen LogP contribution in [-0.4, -0.2) is 35.4 Å². The molecule has 0 radical (unpaired) electrons. The SMILES string of the molecule is CC(CN(C)C(=O)Cc1ccc(F)cc1F)/C(N)=N/O. The van der Waals surface area contributed by atoms with Gasteiger partial charge in [-0.1, -0.05) is 18.1 Å². The van der Waals surface area contributed by atoms with Crippen molar-refractivity contribution in [3.63, 3.8) is 0 Å². The average molecular weight is 285 g/mol. The molecule has 0 saturated carbocycles. The Morgan fingerprint density at radius 1 is 1.50 bits per heavy atom. The van der Waals surface area contributed by atoms with Gasteiger partial charge in [-0.15, -0.1) is 0 Å². The monoisotopic (exact) mass is 285 g/mol. The molecule has 1 unspecified atom stereocenters. The number of nitrogens with zero attached hydrogens (tertiary/aromatic N) is 2. The molecule has 3 N–H and O–H groups in total. The lowest BCUT2D eigenvalue weighted by Gasteiger charge is -2.21. The van der Waals surface area contributed by atoms with E-state index >= 15 is 0 Å². The first kappa shape index (κ1) is 15.9. The highest BCUT2D eigenvalue weighted by atomic mass is 19.1. The number of hydrogen-bond acceptors (Lipinski definition) is 3. The second-order valence-corrected chi connectivity index (χ2v) is 4.61. The first-order valence-electron chi connectivity index (χ1n) is 6.00. The minimum absolute atomic E-state index is 0.0117. The van der Waals surface area contributed by atoms with E-state index in [-0.39, 0.29) is 36.2 Å². The second kappa shape index (κ2) is 6.83. The number of oxime groups is 1. The molecule has 0 bridgehead atoms. The van der Waals surface area contributed by atoms with Gasteiger partial charge in [-0.3, -0.25) is 4.79 Å². The molecule has 0 aliphatic carbocycles. The van der Waals surface area contributed by atoms with E-state index in [0.717, 1.165) is 12.1 Å². The summed E-state index contributed by atoms with van der Waals surface area (Å²) < 4.78 is 26.2. The fourth-order valence-corrected chi connectivity index (χ4v) is 1.67. The van der Waals surface area contributed by atoms with Crippen molar-refractivity contribution in [2.24, 2.45) is 16.8 Å². The molecule has 1 rings (SSSR count). The van der Waals surface area contributed by atoms with E-state index in [1.807, 2.05) is 0 Å². The minimum Gasteiger partial charge on any atom is -0.409 e. The number of amides is 1. The predicted molar refractivity (Wildman–Crippen MR) is 70.3 cm³/mol. The molecule has 0 saturated heterocycles. The molecule has 20 heavy (non-hydrogen) atoms. The summed E-state index contributed by atoms with van der Waals surface area (Å²) in [6.45, 7) is 1.93. The van der Waals surface area contributed by atoms with Crippen molar-refractivity contribution in [3.8, 4) is 0 Å². The summed E-state index contributed by atoms with van der Waals surface area (Å²) in [6, 6.07) is 3.08. The van der Waals surface area contributed by atoms with Crippen LogP contribution in [0.4, 0.5) is 8.78 Å². The van der Waals surface area contributed by atoms with E-state index in [4.69, 9.17) is 10.9 Å². The van der Waals surface area contributed by atoms with Crippen molar-refractivity contribution in [1.82, 2.24) is 4.90 Å². The van der Waals surface area contributed by atoms with Gasteiger partial charge in [0, 0.05) is 25.6 Å². The largest absolute Gasteiger partial charge is 0.409 e. The Morgan fingerprint density at radius 3 is 2.70 bits per heavy atom. The fourth-order valence-electron chi connectivity index (χ4n) is 1.67. The van der Waals surface area contributed by atoms with Gasteiger partial charge in [0.05, 0.1) is 6.42 Å². The molecule has 1 aromatic carbocycles. The van der Waals surface area contributed by atoms with Crippen molar-refractivity contribution in [2.75, 3.05) is 13.6 Å². The molecule has 0 spiro atoms. The summed E-state index contributed by atoms with van der Waals surface area (Å²) in [6.07, 6.45) is -0.175. The van der Waals surface area contributed by atoms with E-state index in [9.17, 15) is 13.6 Å². The summed E-state index contributed by atoms with van der Waals surface area (Å²) in [4.78, 5) is 13.3. The third-order valence-electron chi connectivity index (χ3n) is 2.95. The van der Waals surface area contributed by atoms with E-state index < -0.39 is 11.6 Å². The van der Waals surface area contributed by atoms with Gasteiger partial charge in [-0.2, -0.15) is 0 Å². The number of rotatable bonds is 5. The van der Waals surface area contributed by atoms with Crippen molar-refractivity contribution in [3.05, 3.63) is 35.4 Å². The van der Waals surface area contributed by atoms with Crippen molar-refractivity contribution in [2.45, 2.75) is 13.3 Å². The molecule has 110 valence electrons. The summed E-state index contributed by atoms with van der Waals surface area (Å²) in [5.41, 5.74) is 5.54. The third kappa shape index (κ3) is 4.18. The molecule has 0 aliphatic heterocycles. The van der Waals surface area contributed by atoms with Crippen LogP contribution in [0.15, 0.2) is 23.4 Å². The summed E-state index contributed by atoms with van der Waals surface area (Å²) in [5.74, 6) is -2.10. The summed E-state index contributed by atoms with van der Waals surface area (Å²) in [5, 5.41) is 11.4. The van der Waals surface area contributed by atoms with Crippen molar-refractivity contribution < 1.29 is 18.8 Å². The lowest BCUT2D eigenvalue weighted by Crippen LogP contribution is -2.37. The number of nitrogens with two attached hydrogens (primary N) is 1. The number of amidine groups is 1. The van der Waals surface area contributed by atoms with Gasteiger partial charge in [0.25, 0.3) is 0 Å². The van der Waals surface area contributed by atoms with Gasteiger partial charge < -0.3 is 15.8 Å². The zero-order valence-electron chi connectivity index (χ0n) is 11.3. The standard InChI is InChI=1S/C13H17F2N3O2/c1-8(13(16)17-20)7-18(2)12(19)5-9-3-4-10(14)6-11(9)15/h3-4,6,8,20H,5,7H2,1-2H3,(H2,16,17).